The zero-order valence-corrected chi connectivity index (χ0v) is 6.60. The van der Waals surface area contributed by atoms with Crippen LogP contribution in [0.3, 0.4) is 0 Å². The van der Waals surface area contributed by atoms with Crippen LogP contribution in [0.25, 0.3) is 0 Å². The van der Waals surface area contributed by atoms with E-state index in [0.29, 0.717) is 6.42 Å². The maximum Gasteiger partial charge on any atom is 0.218 e. The summed E-state index contributed by atoms with van der Waals surface area (Å²) in [6.45, 7) is 2.89. The molecule has 1 rings (SSSR count). The SMILES string of the molecule is NC(=O)CC1CCNCCN1. The van der Waals surface area contributed by atoms with Crippen LogP contribution >= 0.6 is 0 Å². The van der Waals surface area contributed by atoms with Crippen molar-refractivity contribution in [3.8, 4) is 0 Å². The Morgan fingerprint density at radius 2 is 2.27 bits per heavy atom. The van der Waals surface area contributed by atoms with E-state index in [1.807, 2.05) is 0 Å². The third kappa shape index (κ3) is 3.34. The van der Waals surface area contributed by atoms with Crippen molar-refractivity contribution in [2.24, 2.45) is 5.73 Å². The number of rotatable bonds is 2. The molecule has 0 saturated carbocycles. The van der Waals surface area contributed by atoms with Gasteiger partial charge in [-0.25, -0.2) is 0 Å². The molecule has 0 aromatic rings. The summed E-state index contributed by atoms with van der Waals surface area (Å²) in [5.41, 5.74) is 5.07. The van der Waals surface area contributed by atoms with E-state index in [-0.39, 0.29) is 11.9 Å². The predicted molar refractivity (Wildman–Crippen MR) is 43.1 cm³/mol. The van der Waals surface area contributed by atoms with Gasteiger partial charge in [0, 0.05) is 25.6 Å². The Balaban J connectivity index is 2.25. The number of hydrogen-bond donors (Lipinski definition) is 3. The molecule has 4 heteroatoms. The molecule has 4 nitrogen and oxygen atoms in total. The summed E-state index contributed by atoms with van der Waals surface area (Å²) in [5, 5.41) is 6.49. The maximum absolute atomic E-state index is 10.5. The van der Waals surface area contributed by atoms with Gasteiger partial charge in [-0.1, -0.05) is 0 Å². The third-order valence-corrected chi connectivity index (χ3v) is 1.85. The second-order valence-corrected chi connectivity index (χ2v) is 2.86. The molecule has 1 unspecified atom stereocenters. The summed E-state index contributed by atoms with van der Waals surface area (Å²) in [5.74, 6) is -0.218. The van der Waals surface area contributed by atoms with Gasteiger partial charge in [0.15, 0.2) is 0 Å². The third-order valence-electron chi connectivity index (χ3n) is 1.85. The van der Waals surface area contributed by atoms with Gasteiger partial charge < -0.3 is 16.4 Å². The molecule has 1 aliphatic heterocycles. The van der Waals surface area contributed by atoms with Gasteiger partial charge in [-0.2, -0.15) is 0 Å². The van der Waals surface area contributed by atoms with Crippen molar-refractivity contribution in [3.05, 3.63) is 0 Å². The maximum atomic E-state index is 10.5. The zero-order chi connectivity index (χ0) is 8.10. The monoisotopic (exact) mass is 157 g/mol. The van der Waals surface area contributed by atoms with E-state index in [4.69, 9.17) is 5.73 Å². The van der Waals surface area contributed by atoms with Gasteiger partial charge in [-0.3, -0.25) is 4.79 Å². The lowest BCUT2D eigenvalue weighted by Gasteiger charge is -2.11. The van der Waals surface area contributed by atoms with Crippen LogP contribution in [0, 0.1) is 0 Å². The Kier molecular flexibility index (Phi) is 3.32. The molecule has 1 fully saturated rings. The summed E-state index contributed by atoms with van der Waals surface area (Å²) in [4.78, 5) is 10.5. The summed E-state index contributed by atoms with van der Waals surface area (Å²) < 4.78 is 0. The molecule has 0 aliphatic carbocycles. The van der Waals surface area contributed by atoms with Gasteiger partial charge in [-0.05, 0) is 13.0 Å². The molecule has 0 aromatic heterocycles. The normalized spacial score (nSPS) is 26.0. The molecule has 11 heavy (non-hydrogen) atoms. The summed E-state index contributed by atoms with van der Waals surface area (Å²) in [7, 11) is 0. The Bertz CT molecular complexity index is 130. The van der Waals surface area contributed by atoms with Gasteiger partial charge >= 0.3 is 0 Å². The molecule has 1 saturated heterocycles. The highest BCUT2D eigenvalue weighted by Gasteiger charge is 2.12. The Hall–Kier alpha value is -0.610. The zero-order valence-electron chi connectivity index (χ0n) is 6.60. The van der Waals surface area contributed by atoms with Crippen molar-refractivity contribution in [2.75, 3.05) is 19.6 Å². The first kappa shape index (κ1) is 8.49. The fraction of sp³-hybridized carbons (Fsp3) is 0.857. The molecule has 0 aromatic carbocycles. The van der Waals surface area contributed by atoms with Crippen LogP contribution in [0.5, 0.6) is 0 Å². The van der Waals surface area contributed by atoms with Gasteiger partial charge in [0.05, 0.1) is 0 Å². The standard InChI is InChI=1S/C7H15N3O/c8-7(11)5-6-1-2-9-3-4-10-6/h6,9-10H,1-5H2,(H2,8,11). The van der Waals surface area contributed by atoms with Crippen molar-refractivity contribution in [1.82, 2.24) is 10.6 Å². The summed E-state index contributed by atoms with van der Waals surface area (Å²) in [6.07, 6.45) is 1.45. The number of hydrogen-bond acceptors (Lipinski definition) is 3. The number of carbonyl (C=O) groups excluding carboxylic acids is 1. The van der Waals surface area contributed by atoms with Gasteiger partial charge in [0.25, 0.3) is 0 Å². The van der Waals surface area contributed by atoms with Crippen LogP contribution in [-0.2, 0) is 4.79 Å². The van der Waals surface area contributed by atoms with Crippen molar-refractivity contribution in [2.45, 2.75) is 18.9 Å². The van der Waals surface area contributed by atoms with Crippen molar-refractivity contribution >= 4 is 5.91 Å². The van der Waals surface area contributed by atoms with Crippen LogP contribution in [0.1, 0.15) is 12.8 Å². The van der Waals surface area contributed by atoms with Gasteiger partial charge in [0.1, 0.15) is 0 Å². The highest BCUT2D eigenvalue weighted by molar-refractivity contribution is 5.74. The fourth-order valence-corrected chi connectivity index (χ4v) is 1.29. The minimum Gasteiger partial charge on any atom is -0.370 e. The fourth-order valence-electron chi connectivity index (χ4n) is 1.29. The van der Waals surface area contributed by atoms with Crippen LogP contribution in [0.2, 0.25) is 0 Å². The van der Waals surface area contributed by atoms with Crippen LogP contribution in [0.4, 0.5) is 0 Å². The van der Waals surface area contributed by atoms with Crippen molar-refractivity contribution in [1.29, 1.82) is 0 Å². The van der Waals surface area contributed by atoms with Crippen LogP contribution < -0.4 is 16.4 Å². The number of nitrogens with two attached hydrogens (primary N) is 1. The molecule has 0 radical (unpaired) electrons. The average Bonchev–Trinajstić information content (AvgIpc) is 2.14. The first-order chi connectivity index (χ1) is 5.29. The summed E-state index contributed by atoms with van der Waals surface area (Å²) >= 11 is 0. The van der Waals surface area contributed by atoms with Gasteiger partial charge in [-0.15, -0.1) is 0 Å². The van der Waals surface area contributed by atoms with E-state index >= 15 is 0 Å². The molecule has 0 spiro atoms. The molecule has 4 N–H and O–H groups in total. The number of carbonyl (C=O) groups is 1. The van der Waals surface area contributed by atoms with Crippen molar-refractivity contribution < 1.29 is 4.79 Å². The molecule has 0 bridgehead atoms. The van der Waals surface area contributed by atoms with E-state index in [9.17, 15) is 4.79 Å². The molecular formula is C7H15N3O. The van der Waals surface area contributed by atoms with E-state index < -0.39 is 0 Å². The molecule has 64 valence electrons. The smallest absolute Gasteiger partial charge is 0.218 e. The number of amides is 1. The molecule has 1 heterocycles. The lowest BCUT2D eigenvalue weighted by molar-refractivity contribution is -0.118. The highest BCUT2D eigenvalue weighted by atomic mass is 16.1. The van der Waals surface area contributed by atoms with E-state index in [1.54, 1.807) is 0 Å². The van der Waals surface area contributed by atoms with E-state index in [2.05, 4.69) is 10.6 Å². The quantitative estimate of drug-likeness (QED) is 0.472. The second-order valence-electron chi connectivity index (χ2n) is 2.86. The van der Waals surface area contributed by atoms with Crippen molar-refractivity contribution in [3.63, 3.8) is 0 Å². The minimum atomic E-state index is -0.218. The Morgan fingerprint density at radius 1 is 1.45 bits per heavy atom. The average molecular weight is 157 g/mol. The highest BCUT2D eigenvalue weighted by Crippen LogP contribution is 1.97. The Labute approximate surface area is 66.5 Å². The first-order valence-corrected chi connectivity index (χ1v) is 4.01. The van der Waals surface area contributed by atoms with E-state index in [1.165, 1.54) is 0 Å². The first-order valence-electron chi connectivity index (χ1n) is 4.01. The lowest BCUT2D eigenvalue weighted by Crippen LogP contribution is -2.33. The largest absolute Gasteiger partial charge is 0.370 e. The molecular weight excluding hydrogens is 142 g/mol. The van der Waals surface area contributed by atoms with Crippen LogP contribution in [0.15, 0.2) is 0 Å². The molecule has 1 atom stereocenters. The number of nitrogens with one attached hydrogen (secondary N) is 2. The number of primary amides is 1. The lowest BCUT2D eigenvalue weighted by atomic mass is 10.1. The topological polar surface area (TPSA) is 67.2 Å². The van der Waals surface area contributed by atoms with E-state index in [0.717, 1.165) is 26.1 Å². The molecule has 1 aliphatic rings. The second kappa shape index (κ2) is 4.31. The Morgan fingerprint density at radius 3 is 3.00 bits per heavy atom. The predicted octanol–water partition coefficient (Wildman–Crippen LogP) is -1.19. The minimum absolute atomic E-state index is 0.218. The van der Waals surface area contributed by atoms with Gasteiger partial charge in [0.2, 0.25) is 5.91 Å². The molecule has 1 amide bonds. The summed E-state index contributed by atoms with van der Waals surface area (Å²) in [6, 6.07) is 0.280. The van der Waals surface area contributed by atoms with Crippen LogP contribution in [-0.4, -0.2) is 31.6 Å².